The van der Waals surface area contributed by atoms with Crippen molar-refractivity contribution in [1.29, 1.82) is 0 Å². The van der Waals surface area contributed by atoms with Gasteiger partial charge in [-0.1, -0.05) is 36.4 Å². The van der Waals surface area contributed by atoms with Gasteiger partial charge in [-0.15, -0.1) is 11.3 Å². The van der Waals surface area contributed by atoms with E-state index in [9.17, 15) is 14.4 Å². The zero-order valence-electron chi connectivity index (χ0n) is 13.1. The Hall–Kier alpha value is -2.47. The molecule has 0 aliphatic carbocycles. The number of imide groups is 1. The molecule has 24 heavy (non-hydrogen) atoms. The summed E-state index contributed by atoms with van der Waals surface area (Å²) in [6, 6.07) is 13.4. The molecule has 1 saturated heterocycles. The minimum atomic E-state index is -0.324. The molecule has 6 heteroatoms. The van der Waals surface area contributed by atoms with Gasteiger partial charge in [-0.3, -0.25) is 19.3 Å². The highest BCUT2D eigenvalue weighted by molar-refractivity contribution is 7.10. The summed E-state index contributed by atoms with van der Waals surface area (Å²) < 4.78 is 0. The van der Waals surface area contributed by atoms with Gasteiger partial charge in [-0.2, -0.15) is 0 Å². The van der Waals surface area contributed by atoms with E-state index in [1.165, 1.54) is 0 Å². The number of nitrogens with zero attached hydrogens (tertiary/aromatic N) is 1. The van der Waals surface area contributed by atoms with E-state index in [0.29, 0.717) is 6.54 Å². The minimum absolute atomic E-state index is 0.0615. The fraction of sp³-hybridized carbons (Fsp3) is 0.278. The molecule has 5 nitrogen and oxygen atoms in total. The van der Waals surface area contributed by atoms with Crippen LogP contribution in [0.2, 0.25) is 0 Å². The molecule has 0 saturated carbocycles. The SMILES string of the molecule is O=C(CN1C(=O)CC(c2cccs2)CC1=O)NCc1ccccc1. The highest BCUT2D eigenvalue weighted by Gasteiger charge is 2.34. The van der Waals surface area contributed by atoms with Crippen molar-refractivity contribution in [3.05, 3.63) is 58.3 Å². The second-order valence-corrected chi connectivity index (χ2v) is 6.74. The van der Waals surface area contributed by atoms with Crippen molar-refractivity contribution in [1.82, 2.24) is 10.2 Å². The summed E-state index contributed by atoms with van der Waals surface area (Å²) in [5.74, 6) is -0.942. The first-order valence-corrected chi connectivity index (χ1v) is 8.68. The lowest BCUT2D eigenvalue weighted by atomic mass is 9.94. The lowest BCUT2D eigenvalue weighted by Crippen LogP contribution is -2.47. The Balaban J connectivity index is 1.54. The van der Waals surface area contributed by atoms with Gasteiger partial charge in [0.25, 0.3) is 0 Å². The van der Waals surface area contributed by atoms with Gasteiger partial charge in [0.2, 0.25) is 17.7 Å². The normalized spacial score (nSPS) is 15.6. The van der Waals surface area contributed by atoms with Crippen LogP contribution < -0.4 is 5.32 Å². The zero-order valence-corrected chi connectivity index (χ0v) is 13.9. The molecule has 1 aliphatic rings. The molecule has 0 atom stereocenters. The van der Waals surface area contributed by atoms with Gasteiger partial charge in [0.1, 0.15) is 6.54 Å². The van der Waals surface area contributed by atoms with Crippen LogP contribution in [-0.2, 0) is 20.9 Å². The van der Waals surface area contributed by atoms with E-state index in [1.54, 1.807) is 11.3 Å². The number of hydrogen-bond acceptors (Lipinski definition) is 4. The molecule has 2 aromatic rings. The van der Waals surface area contributed by atoms with Crippen LogP contribution in [0.15, 0.2) is 47.8 Å². The van der Waals surface area contributed by atoms with E-state index in [1.807, 2.05) is 47.8 Å². The van der Waals surface area contributed by atoms with Crippen molar-refractivity contribution in [2.24, 2.45) is 0 Å². The minimum Gasteiger partial charge on any atom is -0.350 e. The molecule has 3 rings (SSSR count). The molecular formula is C18H18N2O3S. The average Bonchev–Trinajstić information content (AvgIpc) is 3.11. The van der Waals surface area contributed by atoms with Crippen LogP contribution in [0.1, 0.15) is 29.2 Å². The summed E-state index contributed by atoms with van der Waals surface area (Å²) in [4.78, 5) is 38.7. The molecule has 0 radical (unpaired) electrons. The Bertz CT molecular complexity index is 710. The van der Waals surface area contributed by atoms with Gasteiger partial charge in [0.05, 0.1) is 0 Å². The lowest BCUT2D eigenvalue weighted by molar-refractivity contribution is -0.151. The Morgan fingerprint density at radius 2 is 1.79 bits per heavy atom. The number of carbonyl (C=O) groups is 3. The molecule has 0 spiro atoms. The van der Waals surface area contributed by atoms with Gasteiger partial charge in [-0.05, 0) is 17.0 Å². The fourth-order valence-corrected chi connectivity index (χ4v) is 3.58. The third-order valence-corrected chi connectivity index (χ3v) is 5.06. The number of benzene rings is 1. The molecule has 0 unspecified atom stereocenters. The van der Waals surface area contributed by atoms with Gasteiger partial charge >= 0.3 is 0 Å². The second kappa shape index (κ2) is 7.40. The number of carbonyl (C=O) groups excluding carboxylic acids is 3. The maximum Gasteiger partial charge on any atom is 0.240 e. The van der Waals surface area contributed by atoms with Crippen molar-refractivity contribution in [3.63, 3.8) is 0 Å². The summed E-state index contributed by atoms with van der Waals surface area (Å²) in [6.07, 6.45) is 0.552. The molecule has 1 aromatic heterocycles. The number of likely N-dealkylation sites (tertiary alicyclic amines) is 1. The topological polar surface area (TPSA) is 66.5 Å². The molecule has 124 valence electrons. The number of amides is 3. The lowest BCUT2D eigenvalue weighted by Gasteiger charge is -2.29. The molecule has 3 amide bonds. The van der Waals surface area contributed by atoms with Crippen molar-refractivity contribution >= 4 is 29.1 Å². The fourth-order valence-electron chi connectivity index (χ4n) is 2.75. The van der Waals surface area contributed by atoms with Crippen LogP contribution >= 0.6 is 11.3 Å². The Morgan fingerprint density at radius 3 is 2.42 bits per heavy atom. The van der Waals surface area contributed by atoms with E-state index in [0.717, 1.165) is 15.3 Å². The van der Waals surface area contributed by atoms with Gasteiger partial charge < -0.3 is 5.32 Å². The van der Waals surface area contributed by atoms with Crippen LogP contribution in [0.5, 0.6) is 0 Å². The number of piperidine rings is 1. The summed E-state index contributed by atoms with van der Waals surface area (Å²) >= 11 is 1.55. The van der Waals surface area contributed by atoms with Crippen LogP contribution in [0, 0.1) is 0 Å². The van der Waals surface area contributed by atoms with E-state index in [2.05, 4.69) is 5.32 Å². The third kappa shape index (κ3) is 3.89. The van der Waals surface area contributed by atoms with Crippen LogP contribution in [0.25, 0.3) is 0 Å². The monoisotopic (exact) mass is 342 g/mol. The quantitative estimate of drug-likeness (QED) is 0.848. The summed E-state index contributed by atoms with van der Waals surface area (Å²) in [5, 5.41) is 4.68. The maximum absolute atomic E-state index is 12.2. The molecule has 1 aliphatic heterocycles. The molecule has 2 heterocycles. The van der Waals surface area contributed by atoms with Gasteiger partial charge in [-0.25, -0.2) is 0 Å². The summed E-state index contributed by atoms with van der Waals surface area (Å²) in [7, 11) is 0. The molecular weight excluding hydrogens is 324 g/mol. The zero-order chi connectivity index (χ0) is 16.9. The number of rotatable bonds is 5. The molecule has 1 fully saturated rings. The average molecular weight is 342 g/mol. The number of thiophene rings is 1. The van der Waals surface area contributed by atoms with Crippen molar-refractivity contribution < 1.29 is 14.4 Å². The van der Waals surface area contributed by atoms with Crippen molar-refractivity contribution in [3.8, 4) is 0 Å². The Kier molecular flexibility index (Phi) is 5.05. The van der Waals surface area contributed by atoms with Gasteiger partial charge in [0.15, 0.2) is 0 Å². The van der Waals surface area contributed by atoms with Crippen molar-refractivity contribution in [2.45, 2.75) is 25.3 Å². The molecule has 1 aromatic carbocycles. The summed E-state index contributed by atoms with van der Waals surface area (Å²) in [5.41, 5.74) is 0.972. The standard InChI is InChI=1S/C18H18N2O3S/c21-16(19-11-13-5-2-1-3-6-13)12-20-17(22)9-14(10-18(20)23)15-7-4-8-24-15/h1-8,14H,9-12H2,(H,19,21). The predicted molar refractivity (Wildman–Crippen MR) is 91.3 cm³/mol. The van der Waals surface area contributed by atoms with Gasteiger partial charge in [0, 0.05) is 30.2 Å². The van der Waals surface area contributed by atoms with E-state index in [4.69, 9.17) is 0 Å². The molecule has 0 bridgehead atoms. The Labute approximate surface area is 144 Å². The smallest absolute Gasteiger partial charge is 0.240 e. The third-order valence-electron chi connectivity index (χ3n) is 4.02. The predicted octanol–water partition coefficient (Wildman–Crippen LogP) is 2.30. The maximum atomic E-state index is 12.2. The van der Waals surface area contributed by atoms with Crippen LogP contribution in [-0.4, -0.2) is 29.2 Å². The van der Waals surface area contributed by atoms with Crippen LogP contribution in [0.3, 0.4) is 0 Å². The van der Waals surface area contributed by atoms with Crippen molar-refractivity contribution in [2.75, 3.05) is 6.54 Å². The highest BCUT2D eigenvalue weighted by atomic mass is 32.1. The summed E-state index contributed by atoms with van der Waals surface area (Å²) in [6.45, 7) is 0.176. The number of hydrogen-bond donors (Lipinski definition) is 1. The first-order chi connectivity index (χ1) is 11.6. The largest absolute Gasteiger partial charge is 0.350 e. The first-order valence-electron chi connectivity index (χ1n) is 7.80. The van der Waals surface area contributed by atoms with Crippen LogP contribution in [0.4, 0.5) is 0 Å². The number of nitrogens with one attached hydrogen (secondary N) is 1. The first kappa shape index (κ1) is 16.4. The highest BCUT2D eigenvalue weighted by Crippen LogP contribution is 2.32. The van der Waals surface area contributed by atoms with E-state index < -0.39 is 0 Å². The molecule has 1 N–H and O–H groups in total. The van der Waals surface area contributed by atoms with E-state index in [-0.39, 0.29) is 43.0 Å². The Morgan fingerprint density at radius 1 is 1.08 bits per heavy atom. The second-order valence-electron chi connectivity index (χ2n) is 5.76. The van der Waals surface area contributed by atoms with E-state index >= 15 is 0 Å².